The molecule has 1 aliphatic heterocycles. The van der Waals surface area contributed by atoms with Crippen LogP contribution in [0.5, 0.6) is 0 Å². The highest BCUT2D eigenvalue weighted by Gasteiger charge is 2.30. The lowest BCUT2D eigenvalue weighted by atomic mass is 9.79. The van der Waals surface area contributed by atoms with Gasteiger partial charge in [0.25, 0.3) is 0 Å². The van der Waals surface area contributed by atoms with Gasteiger partial charge < -0.3 is 4.90 Å². The minimum Gasteiger partial charge on any atom is -0.302 e. The van der Waals surface area contributed by atoms with Gasteiger partial charge in [-0.15, -0.1) is 0 Å². The first kappa shape index (κ1) is 12.1. The van der Waals surface area contributed by atoms with Crippen LogP contribution in [0.15, 0.2) is 0 Å². The van der Waals surface area contributed by atoms with Crippen LogP contribution in [0.25, 0.3) is 0 Å². The summed E-state index contributed by atoms with van der Waals surface area (Å²) in [6.45, 7) is 8.04. The quantitative estimate of drug-likeness (QED) is 0.733. The van der Waals surface area contributed by atoms with Crippen molar-refractivity contribution in [2.75, 3.05) is 19.6 Å². The molecule has 1 aliphatic carbocycles. The summed E-state index contributed by atoms with van der Waals surface area (Å²) in [5.74, 6) is 2.52. The van der Waals surface area contributed by atoms with Crippen LogP contribution in [0.3, 0.4) is 0 Å². The average molecular weight is 223 g/mol. The van der Waals surface area contributed by atoms with Gasteiger partial charge in [0.1, 0.15) is 5.78 Å². The van der Waals surface area contributed by atoms with Crippen LogP contribution in [0, 0.1) is 17.8 Å². The number of nitrogens with zero attached hydrogens (tertiary/aromatic N) is 1. The van der Waals surface area contributed by atoms with Gasteiger partial charge in [0.2, 0.25) is 0 Å². The first-order valence-corrected chi connectivity index (χ1v) is 6.94. The Morgan fingerprint density at radius 2 is 2.19 bits per heavy atom. The summed E-state index contributed by atoms with van der Waals surface area (Å²) in [6.07, 6.45) is 5.70. The molecule has 2 nitrogen and oxygen atoms in total. The standard InChI is InChI=1S/C14H25NO/c1-3-12-4-5-14(16)13(8-12)10-15-7-6-11(2)9-15/h11-13H,3-10H2,1-2H3. The van der Waals surface area contributed by atoms with Crippen LogP contribution in [0.1, 0.15) is 46.0 Å². The van der Waals surface area contributed by atoms with Crippen molar-refractivity contribution in [3.63, 3.8) is 0 Å². The van der Waals surface area contributed by atoms with Gasteiger partial charge in [-0.25, -0.2) is 0 Å². The minimum atomic E-state index is 0.351. The van der Waals surface area contributed by atoms with Crippen LogP contribution in [0.4, 0.5) is 0 Å². The van der Waals surface area contributed by atoms with E-state index < -0.39 is 0 Å². The molecule has 0 bridgehead atoms. The van der Waals surface area contributed by atoms with Gasteiger partial charge in [-0.05, 0) is 37.6 Å². The zero-order valence-electron chi connectivity index (χ0n) is 10.7. The molecule has 2 aliphatic rings. The molecule has 0 aromatic rings. The van der Waals surface area contributed by atoms with E-state index in [4.69, 9.17) is 0 Å². The van der Waals surface area contributed by atoms with Crippen LogP contribution >= 0.6 is 0 Å². The number of rotatable bonds is 3. The predicted octanol–water partition coefficient (Wildman–Crippen LogP) is 2.72. The first-order chi connectivity index (χ1) is 7.69. The van der Waals surface area contributed by atoms with E-state index in [0.717, 1.165) is 37.6 Å². The predicted molar refractivity (Wildman–Crippen MR) is 66.4 cm³/mol. The van der Waals surface area contributed by atoms with Crippen molar-refractivity contribution in [1.82, 2.24) is 4.90 Å². The number of ketones is 1. The summed E-state index contributed by atoms with van der Waals surface area (Å²) < 4.78 is 0. The first-order valence-electron chi connectivity index (χ1n) is 6.94. The number of carbonyl (C=O) groups is 1. The van der Waals surface area contributed by atoms with Gasteiger partial charge in [-0.3, -0.25) is 4.79 Å². The van der Waals surface area contributed by atoms with Crippen molar-refractivity contribution in [2.45, 2.75) is 46.0 Å². The van der Waals surface area contributed by atoms with Crippen LogP contribution < -0.4 is 0 Å². The third-order valence-electron chi connectivity index (χ3n) is 4.44. The Bertz CT molecular complexity index is 251. The fourth-order valence-electron chi connectivity index (χ4n) is 3.25. The second kappa shape index (κ2) is 5.31. The van der Waals surface area contributed by atoms with E-state index in [2.05, 4.69) is 18.7 Å². The van der Waals surface area contributed by atoms with E-state index in [1.165, 1.54) is 25.9 Å². The third kappa shape index (κ3) is 2.85. The van der Waals surface area contributed by atoms with Gasteiger partial charge in [0.15, 0.2) is 0 Å². The fraction of sp³-hybridized carbons (Fsp3) is 0.929. The van der Waals surface area contributed by atoms with Crippen molar-refractivity contribution in [1.29, 1.82) is 0 Å². The SMILES string of the molecule is CCC1CCC(=O)C(CN2CCC(C)C2)C1. The summed E-state index contributed by atoms with van der Waals surface area (Å²) in [4.78, 5) is 14.4. The van der Waals surface area contributed by atoms with Crippen molar-refractivity contribution in [2.24, 2.45) is 17.8 Å². The molecule has 3 unspecified atom stereocenters. The van der Waals surface area contributed by atoms with Gasteiger partial charge in [-0.1, -0.05) is 20.3 Å². The van der Waals surface area contributed by atoms with Crippen molar-refractivity contribution < 1.29 is 4.79 Å². The van der Waals surface area contributed by atoms with E-state index in [9.17, 15) is 4.79 Å². The molecule has 2 fully saturated rings. The van der Waals surface area contributed by atoms with E-state index in [1.807, 2.05) is 0 Å². The van der Waals surface area contributed by atoms with Gasteiger partial charge in [-0.2, -0.15) is 0 Å². The summed E-state index contributed by atoms with van der Waals surface area (Å²) in [5, 5.41) is 0. The third-order valence-corrected chi connectivity index (χ3v) is 4.44. The second-order valence-electron chi connectivity index (χ2n) is 5.87. The Labute approximate surface area is 99.4 Å². The number of carbonyl (C=O) groups excluding carboxylic acids is 1. The zero-order valence-corrected chi connectivity index (χ0v) is 10.7. The molecule has 0 N–H and O–H groups in total. The van der Waals surface area contributed by atoms with Crippen molar-refractivity contribution in [3.05, 3.63) is 0 Å². The molecule has 0 radical (unpaired) electrons. The number of hydrogen-bond acceptors (Lipinski definition) is 2. The molecule has 1 heterocycles. The van der Waals surface area contributed by atoms with E-state index in [-0.39, 0.29) is 0 Å². The van der Waals surface area contributed by atoms with Crippen LogP contribution in [-0.2, 0) is 4.79 Å². The van der Waals surface area contributed by atoms with Gasteiger partial charge in [0.05, 0.1) is 0 Å². The summed E-state index contributed by atoms with van der Waals surface area (Å²) in [7, 11) is 0. The zero-order chi connectivity index (χ0) is 11.5. The molecule has 0 aromatic carbocycles. The largest absolute Gasteiger partial charge is 0.302 e. The van der Waals surface area contributed by atoms with Gasteiger partial charge in [0, 0.05) is 25.4 Å². The summed E-state index contributed by atoms with van der Waals surface area (Å²) in [5.41, 5.74) is 0. The molecule has 1 saturated carbocycles. The lowest BCUT2D eigenvalue weighted by Crippen LogP contribution is -2.35. The molecule has 16 heavy (non-hydrogen) atoms. The van der Waals surface area contributed by atoms with Crippen LogP contribution in [-0.4, -0.2) is 30.3 Å². The van der Waals surface area contributed by atoms with Crippen molar-refractivity contribution in [3.8, 4) is 0 Å². The van der Waals surface area contributed by atoms with Crippen LogP contribution in [0.2, 0.25) is 0 Å². The maximum absolute atomic E-state index is 11.9. The summed E-state index contributed by atoms with van der Waals surface area (Å²) >= 11 is 0. The maximum Gasteiger partial charge on any atom is 0.137 e. The molecule has 0 spiro atoms. The molecule has 2 rings (SSSR count). The molecular formula is C14H25NO. The lowest BCUT2D eigenvalue weighted by Gasteiger charge is -2.30. The lowest BCUT2D eigenvalue weighted by molar-refractivity contribution is -0.126. The Morgan fingerprint density at radius 1 is 1.38 bits per heavy atom. The Morgan fingerprint density at radius 3 is 2.81 bits per heavy atom. The van der Waals surface area contributed by atoms with E-state index in [0.29, 0.717) is 11.7 Å². The molecule has 0 aromatic heterocycles. The Hall–Kier alpha value is -0.370. The summed E-state index contributed by atoms with van der Waals surface area (Å²) in [6, 6.07) is 0. The molecule has 1 saturated heterocycles. The van der Waals surface area contributed by atoms with Gasteiger partial charge >= 0.3 is 0 Å². The molecule has 3 atom stereocenters. The minimum absolute atomic E-state index is 0.351. The van der Waals surface area contributed by atoms with Crippen molar-refractivity contribution >= 4 is 5.78 Å². The number of Topliss-reactive ketones (excluding diaryl/α,β-unsaturated/α-hetero) is 1. The normalized spacial score (nSPS) is 36.9. The monoisotopic (exact) mass is 223 g/mol. The molecular weight excluding hydrogens is 198 g/mol. The molecule has 92 valence electrons. The Balaban J connectivity index is 1.85. The number of hydrogen-bond donors (Lipinski definition) is 0. The second-order valence-corrected chi connectivity index (χ2v) is 5.87. The highest BCUT2D eigenvalue weighted by molar-refractivity contribution is 5.81. The van der Waals surface area contributed by atoms with E-state index in [1.54, 1.807) is 0 Å². The topological polar surface area (TPSA) is 20.3 Å². The molecule has 2 heteroatoms. The smallest absolute Gasteiger partial charge is 0.137 e. The van der Waals surface area contributed by atoms with E-state index >= 15 is 0 Å². The Kier molecular flexibility index (Phi) is 4.01. The average Bonchev–Trinajstić information content (AvgIpc) is 2.67. The number of likely N-dealkylation sites (tertiary alicyclic amines) is 1. The molecule has 0 amide bonds. The maximum atomic E-state index is 11.9. The fourth-order valence-corrected chi connectivity index (χ4v) is 3.25. The highest BCUT2D eigenvalue weighted by atomic mass is 16.1. The highest BCUT2D eigenvalue weighted by Crippen LogP contribution is 2.30.